The molecule has 0 spiro atoms. The summed E-state index contributed by atoms with van der Waals surface area (Å²) in [6.07, 6.45) is 0.420. The summed E-state index contributed by atoms with van der Waals surface area (Å²) >= 11 is 0. The van der Waals surface area contributed by atoms with Crippen molar-refractivity contribution in [2.45, 2.75) is 38.6 Å². The summed E-state index contributed by atoms with van der Waals surface area (Å²) in [4.78, 5) is 18.5. The Labute approximate surface area is 135 Å². The molecule has 1 aromatic heterocycles. The normalized spacial score (nSPS) is 18.0. The third-order valence-corrected chi connectivity index (χ3v) is 4.05. The molecule has 122 valence electrons. The summed E-state index contributed by atoms with van der Waals surface area (Å²) in [5.41, 5.74) is 1.05. The molecule has 1 aliphatic rings. The van der Waals surface area contributed by atoms with Gasteiger partial charge in [0.05, 0.1) is 13.0 Å². The minimum Gasteiger partial charge on any atom is -0.497 e. The van der Waals surface area contributed by atoms with Crippen LogP contribution in [-0.2, 0) is 11.3 Å². The van der Waals surface area contributed by atoms with Crippen LogP contribution < -0.4 is 4.74 Å². The van der Waals surface area contributed by atoms with Crippen molar-refractivity contribution < 1.29 is 14.1 Å². The minimum atomic E-state index is -0.0203. The fraction of sp³-hybridized carbons (Fsp3) is 0.471. The van der Waals surface area contributed by atoms with Crippen molar-refractivity contribution in [3.8, 4) is 5.75 Å². The summed E-state index contributed by atoms with van der Waals surface area (Å²) in [5, 5.41) is 3.98. The number of hydrogen-bond donors (Lipinski definition) is 0. The fourth-order valence-corrected chi connectivity index (χ4v) is 2.73. The Kier molecular flexibility index (Phi) is 4.32. The monoisotopic (exact) mass is 315 g/mol. The van der Waals surface area contributed by atoms with Gasteiger partial charge in [0, 0.05) is 25.4 Å². The van der Waals surface area contributed by atoms with E-state index in [0.29, 0.717) is 31.2 Å². The number of likely N-dealkylation sites (tertiary alicyclic amines) is 1. The summed E-state index contributed by atoms with van der Waals surface area (Å²) in [5.74, 6) is 2.37. The number of benzene rings is 1. The van der Waals surface area contributed by atoms with E-state index in [4.69, 9.17) is 9.26 Å². The fourth-order valence-electron chi connectivity index (χ4n) is 2.73. The van der Waals surface area contributed by atoms with Crippen molar-refractivity contribution in [2.75, 3.05) is 13.7 Å². The first kappa shape index (κ1) is 15.5. The molecule has 1 saturated heterocycles. The number of nitrogens with zero attached hydrogens (tertiary/aromatic N) is 3. The summed E-state index contributed by atoms with van der Waals surface area (Å²) < 4.78 is 10.6. The van der Waals surface area contributed by atoms with Crippen molar-refractivity contribution >= 4 is 5.91 Å². The van der Waals surface area contributed by atoms with E-state index in [1.54, 1.807) is 7.11 Å². The number of rotatable bonds is 5. The van der Waals surface area contributed by atoms with Gasteiger partial charge in [0.1, 0.15) is 5.75 Å². The maximum Gasteiger partial charge on any atom is 0.232 e. The minimum absolute atomic E-state index is 0.0203. The Hall–Kier alpha value is -2.37. The van der Waals surface area contributed by atoms with Gasteiger partial charge in [-0.3, -0.25) is 4.79 Å². The highest BCUT2D eigenvalue weighted by Crippen LogP contribution is 2.29. The molecule has 6 heteroatoms. The van der Waals surface area contributed by atoms with E-state index < -0.39 is 0 Å². The molecule has 1 aliphatic heterocycles. The summed E-state index contributed by atoms with van der Waals surface area (Å²) in [7, 11) is 1.64. The average molecular weight is 315 g/mol. The van der Waals surface area contributed by atoms with Crippen LogP contribution in [-0.4, -0.2) is 34.6 Å². The van der Waals surface area contributed by atoms with Gasteiger partial charge in [-0.05, 0) is 17.7 Å². The molecule has 1 atom stereocenters. The highest BCUT2D eigenvalue weighted by Gasteiger charge is 2.34. The quantitative estimate of drug-likeness (QED) is 0.848. The van der Waals surface area contributed by atoms with E-state index in [1.807, 2.05) is 43.0 Å². The molecule has 0 saturated carbocycles. The van der Waals surface area contributed by atoms with Gasteiger partial charge in [0.15, 0.2) is 5.82 Å². The van der Waals surface area contributed by atoms with Crippen molar-refractivity contribution in [3.05, 3.63) is 41.5 Å². The number of hydrogen-bond acceptors (Lipinski definition) is 5. The lowest BCUT2D eigenvalue weighted by Crippen LogP contribution is -2.24. The van der Waals surface area contributed by atoms with Crippen molar-refractivity contribution in [3.63, 3.8) is 0 Å². The van der Waals surface area contributed by atoms with E-state index in [-0.39, 0.29) is 17.7 Å². The highest BCUT2D eigenvalue weighted by atomic mass is 16.5. The lowest BCUT2D eigenvalue weighted by atomic mass is 10.1. The second kappa shape index (κ2) is 6.40. The van der Waals surface area contributed by atoms with Crippen molar-refractivity contribution in [1.82, 2.24) is 15.0 Å². The molecule has 0 aliphatic carbocycles. The van der Waals surface area contributed by atoms with E-state index in [9.17, 15) is 4.79 Å². The molecule has 23 heavy (non-hydrogen) atoms. The SMILES string of the molecule is COc1cccc(CN2CC(c3nc(C(C)C)no3)CC2=O)c1. The van der Waals surface area contributed by atoms with E-state index in [2.05, 4.69) is 10.1 Å². The third kappa shape index (κ3) is 3.36. The second-order valence-corrected chi connectivity index (χ2v) is 6.17. The van der Waals surface area contributed by atoms with Crippen LogP contribution in [0.5, 0.6) is 5.75 Å². The number of carbonyl (C=O) groups excluding carboxylic acids is 1. The lowest BCUT2D eigenvalue weighted by molar-refractivity contribution is -0.128. The zero-order valence-electron chi connectivity index (χ0n) is 13.7. The highest BCUT2D eigenvalue weighted by molar-refractivity contribution is 5.79. The van der Waals surface area contributed by atoms with Gasteiger partial charge >= 0.3 is 0 Å². The molecular formula is C17H21N3O3. The van der Waals surface area contributed by atoms with Crippen LogP contribution >= 0.6 is 0 Å². The van der Waals surface area contributed by atoms with E-state index >= 15 is 0 Å². The van der Waals surface area contributed by atoms with Gasteiger partial charge in [-0.2, -0.15) is 4.98 Å². The zero-order valence-corrected chi connectivity index (χ0v) is 13.7. The predicted molar refractivity (Wildman–Crippen MR) is 84.2 cm³/mol. The molecular weight excluding hydrogens is 294 g/mol. The first-order valence-electron chi connectivity index (χ1n) is 7.81. The van der Waals surface area contributed by atoms with Crippen LogP contribution in [0.25, 0.3) is 0 Å². The van der Waals surface area contributed by atoms with Gasteiger partial charge in [0.25, 0.3) is 0 Å². The van der Waals surface area contributed by atoms with Gasteiger partial charge in [-0.1, -0.05) is 31.1 Å². The number of aromatic nitrogens is 2. The van der Waals surface area contributed by atoms with Crippen LogP contribution in [0.1, 0.15) is 49.4 Å². The Balaban J connectivity index is 1.69. The van der Waals surface area contributed by atoms with Gasteiger partial charge < -0.3 is 14.2 Å². The molecule has 6 nitrogen and oxygen atoms in total. The molecule has 2 heterocycles. The van der Waals surface area contributed by atoms with Crippen molar-refractivity contribution in [1.29, 1.82) is 0 Å². The smallest absolute Gasteiger partial charge is 0.232 e. The summed E-state index contributed by atoms with van der Waals surface area (Å²) in [6, 6.07) is 7.76. The predicted octanol–water partition coefficient (Wildman–Crippen LogP) is 2.72. The summed E-state index contributed by atoms with van der Waals surface area (Å²) in [6.45, 7) is 5.21. The number of carbonyl (C=O) groups is 1. The van der Waals surface area contributed by atoms with Crippen LogP contribution in [0.2, 0.25) is 0 Å². The molecule has 0 radical (unpaired) electrons. The van der Waals surface area contributed by atoms with Gasteiger partial charge in [-0.15, -0.1) is 0 Å². The standard InChI is InChI=1S/C17H21N3O3/c1-11(2)16-18-17(23-19-16)13-8-15(21)20(10-13)9-12-5-4-6-14(7-12)22-3/h4-7,11,13H,8-10H2,1-3H3. The number of amides is 1. The molecule has 2 aromatic rings. The maximum absolute atomic E-state index is 12.3. The number of methoxy groups -OCH3 is 1. The molecule has 1 fully saturated rings. The van der Waals surface area contributed by atoms with Gasteiger partial charge in [0.2, 0.25) is 11.8 Å². The van der Waals surface area contributed by atoms with E-state index in [0.717, 1.165) is 11.3 Å². The van der Waals surface area contributed by atoms with Crippen LogP contribution in [0.15, 0.2) is 28.8 Å². The Morgan fingerprint density at radius 2 is 2.26 bits per heavy atom. The first-order chi connectivity index (χ1) is 11.1. The molecule has 0 bridgehead atoms. The maximum atomic E-state index is 12.3. The average Bonchev–Trinajstić information content (AvgIpc) is 3.15. The van der Waals surface area contributed by atoms with Gasteiger partial charge in [-0.25, -0.2) is 0 Å². The van der Waals surface area contributed by atoms with Crippen molar-refractivity contribution in [2.24, 2.45) is 0 Å². The largest absolute Gasteiger partial charge is 0.497 e. The lowest BCUT2D eigenvalue weighted by Gasteiger charge is -2.16. The van der Waals surface area contributed by atoms with Crippen LogP contribution in [0.4, 0.5) is 0 Å². The van der Waals surface area contributed by atoms with Crippen LogP contribution in [0.3, 0.4) is 0 Å². The van der Waals surface area contributed by atoms with E-state index in [1.165, 1.54) is 0 Å². The zero-order chi connectivity index (χ0) is 16.4. The molecule has 1 unspecified atom stereocenters. The second-order valence-electron chi connectivity index (χ2n) is 6.17. The first-order valence-corrected chi connectivity index (χ1v) is 7.81. The third-order valence-electron chi connectivity index (χ3n) is 4.05. The molecule has 3 rings (SSSR count). The Bertz CT molecular complexity index is 696. The molecule has 1 amide bonds. The molecule has 0 N–H and O–H groups in total. The Morgan fingerprint density at radius 1 is 1.43 bits per heavy atom. The molecule has 1 aromatic carbocycles. The van der Waals surface area contributed by atoms with Crippen LogP contribution in [0, 0.1) is 0 Å². The topological polar surface area (TPSA) is 68.5 Å². The Morgan fingerprint density at radius 3 is 2.96 bits per heavy atom. The number of ether oxygens (including phenoxy) is 1.